The summed E-state index contributed by atoms with van der Waals surface area (Å²) in [6, 6.07) is 6.91. The Morgan fingerprint density at radius 1 is 1.35 bits per heavy atom. The minimum Gasteiger partial charge on any atom is -0.310 e. The maximum Gasteiger partial charge on any atom is 0.0332 e. The number of benzene rings is 1. The molecule has 0 amide bonds. The van der Waals surface area contributed by atoms with Crippen LogP contribution in [0.3, 0.4) is 0 Å². The second-order valence-electron chi connectivity index (χ2n) is 4.54. The Morgan fingerprint density at radius 2 is 2.12 bits per heavy atom. The van der Waals surface area contributed by atoms with Crippen LogP contribution in [0.25, 0.3) is 0 Å². The average molecular weight is 229 g/mol. The molecule has 0 fully saturated rings. The summed E-state index contributed by atoms with van der Waals surface area (Å²) in [6.07, 6.45) is 8.37. The van der Waals surface area contributed by atoms with Crippen molar-refractivity contribution in [2.24, 2.45) is 0 Å². The monoisotopic (exact) mass is 229 g/mol. The molecule has 1 atom stereocenters. The molecule has 0 aliphatic rings. The van der Waals surface area contributed by atoms with Gasteiger partial charge in [0, 0.05) is 12.5 Å². The van der Waals surface area contributed by atoms with Crippen LogP contribution in [0, 0.1) is 26.2 Å². The van der Waals surface area contributed by atoms with E-state index in [4.69, 9.17) is 6.42 Å². The molecule has 0 bridgehead atoms. The fourth-order valence-electron chi connectivity index (χ4n) is 2.07. The molecule has 0 aliphatic heterocycles. The maximum atomic E-state index is 5.37. The summed E-state index contributed by atoms with van der Waals surface area (Å²) >= 11 is 0. The van der Waals surface area contributed by atoms with Gasteiger partial charge in [-0.3, -0.25) is 0 Å². The first-order valence-electron chi connectivity index (χ1n) is 6.43. The molecule has 17 heavy (non-hydrogen) atoms. The first-order chi connectivity index (χ1) is 8.20. The van der Waals surface area contributed by atoms with E-state index < -0.39 is 0 Å². The Hall–Kier alpha value is -1.26. The van der Waals surface area contributed by atoms with Gasteiger partial charge in [0.15, 0.2) is 0 Å². The smallest absolute Gasteiger partial charge is 0.0332 e. The Bertz CT molecular complexity index is 387. The van der Waals surface area contributed by atoms with Gasteiger partial charge in [-0.1, -0.05) is 25.1 Å². The predicted octanol–water partition coefficient (Wildman–Crippen LogP) is 3.76. The van der Waals surface area contributed by atoms with E-state index in [0.717, 1.165) is 25.8 Å². The van der Waals surface area contributed by atoms with E-state index in [1.807, 2.05) is 0 Å². The van der Waals surface area contributed by atoms with Gasteiger partial charge in [0.25, 0.3) is 0 Å². The second kappa shape index (κ2) is 7.14. The topological polar surface area (TPSA) is 12.0 Å². The summed E-state index contributed by atoms with van der Waals surface area (Å²) in [4.78, 5) is 0. The lowest BCUT2D eigenvalue weighted by molar-refractivity contribution is 0.503. The van der Waals surface area contributed by atoms with Crippen molar-refractivity contribution >= 4 is 0 Å². The lowest BCUT2D eigenvalue weighted by Crippen LogP contribution is -2.23. The lowest BCUT2D eigenvalue weighted by Gasteiger charge is -2.21. The molecule has 1 nitrogen and oxygen atoms in total. The number of terminal acetylenes is 1. The predicted molar refractivity (Wildman–Crippen MR) is 75.0 cm³/mol. The highest BCUT2D eigenvalue weighted by molar-refractivity contribution is 5.35. The quantitative estimate of drug-likeness (QED) is 0.732. The Morgan fingerprint density at radius 3 is 2.76 bits per heavy atom. The van der Waals surface area contributed by atoms with Gasteiger partial charge in [-0.15, -0.1) is 12.3 Å². The van der Waals surface area contributed by atoms with Crippen molar-refractivity contribution in [3.8, 4) is 12.3 Å². The van der Waals surface area contributed by atoms with Gasteiger partial charge in [0.1, 0.15) is 0 Å². The van der Waals surface area contributed by atoms with Crippen molar-refractivity contribution in [3.05, 3.63) is 34.9 Å². The molecule has 1 unspecified atom stereocenters. The molecule has 0 aromatic heterocycles. The van der Waals surface area contributed by atoms with E-state index in [0.29, 0.717) is 6.04 Å². The van der Waals surface area contributed by atoms with Crippen molar-refractivity contribution in [3.63, 3.8) is 0 Å². The standard InChI is InChI=1S/C16H23N/c1-5-7-11-16(17-12-6-2)15-10-8-9-13(3)14(15)4/h1,8-10,16-17H,6-7,11-12H2,2-4H3. The van der Waals surface area contributed by atoms with Crippen LogP contribution >= 0.6 is 0 Å². The molecular formula is C16H23N. The summed E-state index contributed by atoms with van der Waals surface area (Å²) in [6.45, 7) is 7.59. The molecule has 1 aromatic rings. The molecule has 0 aliphatic carbocycles. The lowest BCUT2D eigenvalue weighted by atomic mass is 9.94. The van der Waals surface area contributed by atoms with E-state index in [-0.39, 0.29) is 0 Å². The highest BCUT2D eigenvalue weighted by Gasteiger charge is 2.12. The van der Waals surface area contributed by atoms with Crippen molar-refractivity contribution in [1.82, 2.24) is 5.32 Å². The van der Waals surface area contributed by atoms with Gasteiger partial charge in [0.2, 0.25) is 0 Å². The van der Waals surface area contributed by atoms with Gasteiger partial charge in [-0.2, -0.15) is 0 Å². The number of hydrogen-bond donors (Lipinski definition) is 1. The van der Waals surface area contributed by atoms with Gasteiger partial charge in [-0.05, 0) is 49.9 Å². The molecule has 1 heteroatoms. The van der Waals surface area contributed by atoms with Gasteiger partial charge in [-0.25, -0.2) is 0 Å². The van der Waals surface area contributed by atoms with Crippen molar-refractivity contribution in [2.45, 2.75) is 46.1 Å². The minimum atomic E-state index is 0.394. The molecule has 92 valence electrons. The number of aryl methyl sites for hydroxylation is 1. The van der Waals surface area contributed by atoms with Crippen LogP contribution < -0.4 is 5.32 Å². The SMILES string of the molecule is C#CCCC(NCCC)c1cccc(C)c1C. The van der Waals surface area contributed by atoms with Crippen molar-refractivity contribution < 1.29 is 0 Å². The van der Waals surface area contributed by atoms with Crippen molar-refractivity contribution in [2.75, 3.05) is 6.54 Å². The molecule has 1 rings (SSSR count). The molecule has 1 N–H and O–H groups in total. The number of nitrogens with one attached hydrogen (secondary N) is 1. The fourth-order valence-corrected chi connectivity index (χ4v) is 2.07. The van der Waals surface area contributed by atoms with Crippen LogP contribution in [-0.4, -0.2) is 6.54 Å². The molecule has 0 heterocycles. The highest BCUT2D eigenvalue weighted by atomic mass is 14.9. The minimum absolute atomic E-state index is 0.394. The zero-order chi connectivity index (χ0) is 12.7. The van der Waals surface area contributed by atoms with Crippen LogP contribution in [0.1, 0.15) is 48.9 Å². The van der Waals surface area contributed by atoms with Crippen LogP contribution in [0.2, 0.25) is 0 Å². The van der Waals surface area contributed by atoms with E-state index in [1.54, 1.807) is 0 Å². The summed E-state index contributed by atoms with van der Waals surface area (Å²) in [7, 11) is 0. The summed E-state index contributed by atoms with van der Waals surface area (Å²) in [5.41, 5.74) is 4.14. The van der Waals surface area contributed by atoms with Gasteiger partial charge >= 0.3 is 0 Å². The Balaban J connectivity index is 2.87. The number of hydrogen-bond acceptors (Lipinski definition) is 1. The van der Waals surface area contributed by atoms with Gasteiger partial charge < -0.3 is 5.32 Å². The third kappa shape index (κ3) is 3.91. The molecule has 0 spiro atoms. The first-order valence-corrected chi connectivity index (χ1v) is 6.43. The average Bonchev–Trinajstić information content (AvgIpc) is 2.34. The van der Waals surface area contributed by atoms with E-state index >= 15 is 0 Å². The van der Waals surface area contributed by atoms with Gasteiger partial charge in [0.05, 0.1) is 0 Å². The van der Waals surface area contributed by atoms with Crippen LogP contribution in [0.15, 0.2) is 18.2 Å². The van der Waals surface area contributed by atoms with E-state index in [9.17, 15) is 0 Å². The fraction of sp³-hybridized carbons (Fsp3) is 0.500. The zero-order valence-electron chi connectivity index (χ0n) is 11.2. The summed E-state index contributed by atoms with van der Waals surface area (Å²) in [5, 5.41) is 3.59. The summed E-state index contributed by atoms with van der Waals surface area (Å²) in [5.74, 6) is 2.74. The summed E-state index contributed by atoms with van der Waals surface area (Å²) < 4.78 is 0. The van der Waals surface area contributed by atoms with Crippen molar-refractivity contribution in [1.29, 1.82) is 0 Å². The number of rotatable bonds is 6. The Labute approximate surface area is 106 Å². The molecule has 0 saturated carbocycles. The molecule has 1 aromatic carbocycles. The second-order valence-corrected chi connectivity index (χ2v) is 4.54. The maximum absolute atomic E-state index is 5.37. The largest absolute Gasteiger partial charge is 0.310 e. The normalized spacial score (nSPS) is 12.1. The molecule has 0 radical (unpaired) electrons. The van der Waals surface area contributed by atoms with Crippen LogP contribution in [0.4, 0.5) is 0 Å². The van der Waals surface area contributed by atoms with Crippen LogP contribution in [-0.2, 0) is 0 Å². The molecule has 0 saturated heterocycles. The zero-order valence-corrected chi connectivity index (χ0v) is 11.2. The third-order valence-electron chi connectivity index (χ3n) is 3.24. The Kier molecular flexibility index (Phi) is 5.80. The first kappa shape index (κ1) is 13.8. The highest BCUT2D eigenvalue weighted by Crippen LogP contribution is 2.24. The third-order valence-corrected chi connectivity index (χ3v) is 3.24. The van der Waals surface area contributed by atoms with E-state index in [2.05, 4.69) is 50.2 Å². The van der Waals surface area contributed by atoms with E-state index in [1.165, 1.54) is 16.7 Å². The van der Waals surface area contributed by atoms with Crippen LogP contribution in [0.5, 0.6) is 0 Å². The molecular weight excluding hydrogens is 206 g/mol.